The topological polar surface area (TPSA) is 73.4 Å². The number of carbonyl (C=O) groups excluding carboxylic acids is 1. The average molecular weight is 395 g/mol. The Labute approximate surface area is 172 Å². The molecule has 7 nitrogen and oxygen atoms in total. The Balaban J connectivity index is 1.25. The third-order valence-electron chi connectivity index (χ3n) is 5.54. The summed E-state index contributed by atoms with van der Waals surface area (Å²) in [7, 11) is 0. The molecule has 0 radical (unpaired) electrons. The summed E-state index contributed by atoms with van der Waals surface area (Å²) in [6.45, 7) is 6.57. The maximum atomic E-state index is 11.1. The quantitative estimate of drug-likeness (QED) is 0.784. The number of rotatable bonds is 6. The van der Waals surface area contributed by atoms with E-state index in [0.29, 0.717) is 6.04 Å². The first-order valence-electron chi connectivity index (χ1n) is 10.6. The van der Waals surface area contributed by atoms with Crippen molar-refractivity contribution < 1.29 is 4.79 Å². The van der Waals surface area contributed by atoms with Crippen LogP contribution in [0.1, 0.15) is 38.2 Å². The lowest BCUT2D eigenvalue weighted by atomic mass is 10.1. The van der Waals surface area contributed by atoms with E-state index in [1.807, 2.05) is 24.4 Å². The van der Waals surface area contributed by atoms with E-state index >= 15 is 0 Å². The fourth-order valence-electron chi connectivity index (χ4n) is 4.02. The Morgan fingerprint density at radius 1 is 1.07 bits per heavy atom. The summed E-state index contributed by atoms with van der Waals surface area (Å²) in [5.74, 6) is 1.73. The van der Waals surface area contributed by atoms with E-state index in [1.165, 1.54) is 38.2 Å². The van der Waals surface area contributed by atoms with E-state index in [1.54, 1.807) is 0 Å². The Hall–Kier alpha value is -2.67. The van der Waals surface area contributed by atoms with Crippen LogP contribution < -0.4 is 15.5 Å². The van der Waals surface area contributed by atoms with E-state index < -0.39 is 0 Å². The van der Waals surface area contributed by atoms with Crippen LogP contribution in [-0.2, 0) is 11.3 Å². The molecule has 1 aromatic heterocycles. The first-order chi connectivity index (χ1) is 14.2. The van der Waals surface area contributed by atoms with Crippen molar-refractivity contribution in [1.82, 2.24) is 14.9 Å². The number of aromatic nitrogens is 2. The third kappa shape index (κ3) is 5.44. The minimum absolute atomic E-state index is 0.0449. The van der Waals surface area contributed by atoms with Gasteiger partial charge in [0, 0.05) is 51.5 Å². The summed E-state index contributed by atoms with van der Waals surface area (Å²) in [4.78, 5) is 25.1. The van der Waals surface area contributed by atoms with E-state index in [-0.39, 0.29) is 5.91 Å². The van der Waals surface area contributed by atoms with Crippen molar-refractivity contribution in [3.8, 4) is 0 Å². The van der Waals surface area contributed by atoms with Gasteiger partial charge in [-0.25, -0.2) is 4.98 Å². The molecule has 2 aromatic rings. The molecule has 0 atom stereocenters. The number of nitrogens with one attached hydrogen (secondary N) is 2. The number of hydrogen-bond acceptors (Lipinski definition) is 6. The van der Waals surface area contributed by atoms with Crippen LogP contribution in [0.2, 0.25) is 0 Å². The van der Waals surface area contributed by atoms with Gasteiger partial charge in [-0.3, -0.25) is 9.69 Å². The van der Waals surface area contributed by atoms with Crippen LogP contribution in [0.3, 0.4) is 0 Å². The Morgan fingerprint density at radius 2 is 1.79 bits per heavy atom. The van der Waals surface area contributed by atoms with Gasteiger partial charge in [0.1, 0.15) is 5.82 Å². The molecule has 2 fully saturated rings. The maximum Gasteiger partial charge on any atom is 0.224 e. The predicted octanol–water partition coefficient (Wildman–Crippen LogP) is 3.11. The fraction of sp³-hybridized carbons (Fsp3) is 0.500. The summed E-state index contributed by atoms with van der Waals surface area (Å²) < 4.78 is 0. The molecule has 0 bridgehead atoms. The highest BCUT2D eigenvalue weighted by atomic mass is 16.1. The molecule has 2 aliphatic rings. The van der Waals surface area contributed by atoms with Crippen LogP contribution >= 0.6 is 0 Å². The molecule has 29 heavy (non-hydrogen) atoms. The molecular formula is C22H30N6O. The van der Waals surface area contributed by atoms with Gasteiger partial charge in [0.05, 0.1) is 6.04 Å². The minimum atomic E-state index is -0.0449. The SMILES string of the molecule is CC(=O)Nc1ccc(CN2CC(Nc3nccc(N4CCCCCC4)n3)C2)cc1. The molecule has 1 amide bonds. The van der Waals surface area contributed by atoms with Gasteiger partial charge in [0.25, 0.3) is 0 Å². The van der Waals surface area contributed by atoms with Gasteiger partial charge in [-0.15, -0.1) is 0 Å². The lowest BCUT2D eigenvalue weighted by molar-refractivity contribution is -0.114. The number of nitrogens with zero attached hydrogens (tertiary/aromatic N) is 4. The fourth-order valence-corrected chi connectivity index (χ4v) is 4.02. The Bertz CT molecular complexity index is 810. The van der Waals surface area contributed by atoms with Gasteiger partial charge in [-0.1, -0.05) is 25.0 Å². The molecule has 154 valence electrons. The minimum Gasteiger partial charge on any atom is -0.356 e. The van der Waals surface area contributed by atoms with E-state index in [2.05, 4.69) is 37.6 Å². The highest BCUT2D eigenvalue weighted by Gasteiger charge is 2.27. The van der Waals surface area contributed by atoms with Crippen molar-refractivity contribution in [3.05, 3.63) is 42.1 Å². The lowest BCUT2D eigenvalue weighted by Gasteiger charge is -2.39. The standard InChI is InChI=1S/C22H30N6O/c1-17(29)24-19-8-6-18(7-9-19)14-27-15-20(16-27)25-22-23-11-10-21(26-22)28-12-4-2-3-5-13-28/h6-11,20H,2-5,12-16H2,1H3,(H,24,29)(H,23,25,26). The first kappa shape index (κ1) is 19.6. The van der Waals surface area contributed by atoms with E-state index in [4.69, 9.17) is 4.98 Å². The smallest absolute Gasteiger partial charge is 0.224 e. The van der Waals surface area contributed by atoms with Gasteiger partial charge in [0.15, 0.2) is 0 Å². The zero-order valence-electron chi connectivity index (χ0n) is 17.1. The van der Waals surface area contributed by atoms with Gasteiger partial charge < -0.3 is 15.5 Å². The van der Waals surface area contributed by atoms with Crippen LogP contribution in [0.5, 0.6) is 0 Å². The highest BCUT2D eigenvalue weighted by Crippen LogP contribution is 2.20. The number of amides is 1. The second kappa shape index (κ2) is 9.22. The normalized spacial score (nSPS) is 18.0. The maximum absolute atomic E-state index is 11.1. The largest absolute Gasteiger partial charge is 0.356 e. The molecule has 4 rings (SSSR count). The van der Waals surface area contributed by atoms with Crippen molar-refractivity contribution in [2.45, 2.75) is 45.2 Å². The van der Waals surface area contributed by atoms with Gasteiger partial charge in [0.2, 0.25) is 11.9 Å². The summed E-state index contributed by atoms with van der Waals surface area (Å²) in [5, 5.41) is 6.28. The predicted molar refractivity (Wildman–Crippen MR) is 116 cm³/mol. The average Bonchev–Trinajstić information content (AvgIpc) is 2.97. The van der Waals surface area contributed by atoms with Gasteiger partial charge in [-0.05, 0) is 36.6 Å². The van der Waals surface area contributed by atoms with Gasteiger partial charge in [-0.2, -0.15) is 4.98 Å². The number of anilines is 3. The zero-order chi connectivity index (χ0) is 20.1. The molecule has 2 aliphatic heterocycles. The summed E-state index contributed by atoms with van der Waals surface area (Å²) in [6.07, 6.45) is 7.00. The van der Waals surface area contributed by atoms with Crippen molar-refractivity contribution in [2.24, 2.45) is 0 Å². The van der Waals surface area contributed by atoms with Crippen molar-refractivity contribution in [1.29, 1.82) is 0 Å². The molecule has 1 aromatic carbocycles. The highest BCUT2D eigenvalue weighted by molar-refractivity contribution is 5.88. The molecule has 0 unspecified atom stereocenters. The van der Waals surface area contributed by atoms with Crippen LogP contribution in [0.15, 0.2) is 36.5 Å². The molecule has 2 N–H and O–H groups in total. The number of carbonyl (C=O) groups is 1. The van der Waals surface area contributed by atoms with Gasteiger partial charge >= 0.3 is 0 Å². The molecule has 0 spiro atoms. The van der Waals surface area contributed by atoms with Crippen LogP contribution in [0, 0.1) is 0 Å². The van der Waals surface area contributed by atoms with Crippen molar-refractivity contribution >= 4 is 23.4 Å². The summed E-state index contributed by atoms with van der Waals surface area (Å²) in [6, 6.07) is 10.4. The second-order valence-corrected chi connectivity index (χ2v) is 8.05. The Morgan fingerprint density at radius 3 is 2.48 bits per heavy atom. The molecule has 0 saturated carbocycles. The zero-order valence-corrected chi connectivity index (χ0v) is 17.1. The molecule has 0 aliphatic carbocycles. The molecule has 7 heteroatoms. The van der Waals surface area contributed by atoms with E-state index in [9.17, 15) is 4.79 Å². The monoisotopic (exact) mass is 394 g/mol. The van der Waals surface area contributed by atoms with Crippen molar-refractivity contribution in [3.63, 3.8) is 0 Å². The Kier molecular flexibility index (Phi) is 6.24. The van der Waals surface area contributed by atoms with Crippen LogP contribution in [0.4, 0.5) is 17.5 Å². The van der Waals surface area contributed by atoms with E-state index in [0.717, 1.165) is 50.2 Å². The number of likely N-dealkylation sites (tertiary alicyclic amines) is 1. The van der Waals surface area contributed by atoms with Crippen molar-refractivity contribution in [2.75, 3.05) is 41.7 Å². The van der Waals surface area contributed by atoms with Crippen LogP contribution in [-0.4, -0.2) is 53.0 Å². The molecular weight excluding hydrogens is 364 g/mol. The molecule has 3 heterocycles. The summed E-state index contributed by atoms with van der Waals surface area (Å²) in [5.41, 5.74) is 2.09. The first-order valence-corrected chi connectivity index (χ1v) is 10.6. The number of hydrogen-bond donors (Lipinski definition) is 2. The second-order valence-electron chi connectivity index (χ2n) is 8.05. The third-order valence-corrected chi connectivity index (χ3v) is 5.54. The summed E-state index contributed by atoms with van der Waals surface area (Å²) >= 11 is 0. The number of benzene rings is 1. The molecule has 2 saturated heterocycles. The lowest BCUT2D eigenvalue weighted by Crippen LogP contribution is -2.54. The van der Waals surface area contributed by atoms with Crippen LogP contribution in [0.25, 0.3) is 0 Å².